The number of carboxylic acid groups (broad SMARTS) is 1. The molecular formula is C17H21NO4. The lowest BCUT2D eigenvalue weighted by atomic mass is 9.84. The minimum absolute atomic E-state index is 0.0410. The van der Waals surface area contributed by atoms with Crippen LogP contribution in [-0.2, 0) is 9.59 Å². The van der Waals surface area contributed by atoms with E-state index in [1.165, 1.54) is 4.90 Å². The van der Waals surface area contributed by atoms with Crippen LogP contribution in [0.5, 0.6) is 0 Å². The third kappa shape index (κ3) is 2.61. The highest BCUT2D eigenvalue weighted by Crippen LogP contribution is 2.41. The molecule has 1 amide bonds. The van der Waals surface area contributed by atoms with Crippen LogP contribution in [-0.4, -0.2) is 39.1 Å². The molecule has 1 aromatic rings. The minimum atomic E-state index is -1.29. The van der Waals surface area contributed by atoms with Gasteiger partial charge in [0.05, 0.1) is 0 Å². The lowest BCUT2D eigenvalue weighted by Crippen LogP contribution is -2.48. The topological polar surface area (TPSA) is 77.8 Å². The summed E-state index contributed by atoms with van der Waals surface area (Å²) in [5, 5.41) is 19.8. The molecule has 1 saturated carbocycles. The molecule has 1 heterocycles. The van der Waals surface area contributed by atoms with Crippen LogP contribution in [0.25, 0.3) is 0 Å². The van der Waals surface area contributed by atoms with Gasteiger partial charge in [-0.25, -0.2) is 4.79 Å². The molecule has 3 rings (SSSR count). The molecular weight excluding hydrogens is 282 g/mol. The van der Waals surface area contributed by atoms with Crippen LogP contribution in [0.4, 0.5) is 0 Å². The zero-order valence-electron chi connectivity index (χ0n) is 12.4. The fourth-order valence-corrected chi connectivity index (χ4v) is 3.92. The van der Waals surface area contributed by atoms with Crippen molar-refractivity contribution in [3.8, 4) is 0 Å². The average Bonchev–Trinajstić information content (AvgIpc) is 2.94. The molecule has 0 bridgehead atoms. The number of hydrogen-bond donors (Lipinski definition) is 2. The molecule has 5 heteroatoms. The van der Waals surface area contributed by atoms with Gasteiger partial charge in [-0.05, 0) is 30.7 Å². The predicted octanol–water partition coefficient (Wildman–Crippen LogP) is 1.96. The predicted molar refractivity (Wildman–Crippen MR) is 80.0 cm³/mol. The number of likely N-dealkylation sites (tertiary alicyclic amines) is 1. The largest absolute Gasteiger partial charge is 0.480 e. The molecule has 4 unspecified atom stereocenters. The summed E-state index contributed by atoms with van der Waals surface area (Å²) in [5.74, 6) is -1.20. The Morgan fingerprint density at radius 2 is 1.82 bits per heavy atom. The molecule has 2 fully saturated rings. The molecule has 0 radical (unpaired) electrons. The van der Waals surface area contributed by atoms with Gasteiger partial charge in [0, 0.05) is 6.04 Å². The number of carboxylic acids is 1. The Morgan fingerprint density at radius 1 is 1.14 bits per heavy atom. The molecule has 2 N–H and O–H groups in total. The molecule has 0 aromatic heterocycles. The first kappa shape index (κ1) is 15.0. The van der Waals surface area contributed by atoms with Crippen LogP contribution < -0.4 is 0 Å². The summed E-state index contributed by atoms with van der Waals surface area (Å²) in [7, 11) is 0. The maximum Gasteiger partial charge on any atom is 0.326 e. The van der Waals surface area contributed by atoms with Crippen molar-refractivity contribution in [1.29, 1.82) is 0 Å². The first-order valence-electron chi connectivity index (χ1n) is 7.87. The fourth-order valence-electron chi connectivity index (χ4n) is 3.92. The SMILES string of the molecule is O=C(O)C1CC2CCCCC2N1C(=O)C(O)c1ccccc1. The summed E-state index contributed by atoms with van der Waals surface area (Å²) >= 11 is 0. The van der Waals surface area contributed by atoms with Gasteiger partial charge in [-0.2, -0.15) is 0 Å². The van der Waals surface area contributed by atoms with Gasteiger partial charge in [-0.3, -0.25) is 4.79 Å². The summed E-state index contributed by atoms with van der Waals surface area (Å²) < 4.78 is 0. The summed E-state index contributed by atoms with van der Waals surface area (Å²) in [6.45, 7) is 0. The number of aliphatic hydroxyl groups is 1. The summed E-state index contributed by atoms with van der Waals surface area (Å²) in [4.78, 5) is 25.7. The standard InChI is InChI=1S/C17H21NO4/c19-15(11-6-2-1-3-7-11)16(20)18-13-9-5-4-8-12(13)10-14(18)17(21)22/h1-3,6-7,12-15,19H,4-5,8-10H2,(H,21,22). The van der Waals surface area contributed by atoms with E-state index in [9.17, 15) is 19.8 Å². The zero-order chi connectivity index (χ0) is 15.7. The number of rotatable bonds is 3. The average molecular weight is 303 g/mol. The molecule has 118 valence electrons. The molecule has 5 nitrogen and oxygen atoms in total. The smallest absolute Gasteiger partial charge is 0.326 e. The maximum atomic E-state index is 12.7. The highest BCUT2D eigenvalue weighted by Gasteiger charge is 2.48. The lowest BCUT2D eigenvalue weighted by molar-refractivity contribution is -0.154. The number of carbonyl (C=O) groups is 2. The van der Waals surface area contributed by atoms with Gasteiger partial charge in [0.15, 0.2) is 6.10 Å². The number of amides is 1. The Kier molecular flexibility index (Phi) is 4.16. The van der Waals surface area contributed by atoms with Crippen molar-refractivity contribution >= 4 is 11.9 Å². The van der Waals surface area contributed by atoms with Crippen molar-refractivity contribution in [3.63, 3.8) is 0 Å². The van der Waals surface area contributed by atoms with Crippen LogP contribution in [0.15, 0.2) is 30.3 Å². The highest BCUT2D eigenvalue weighted by molar-refractivity contribution is 5.88. The molecule has 22 heavy (non-hydrogen) atoms. The van der Waals surface area contributed by atoms with Crippen LogP contribution in [0.1, 0.15) is 43.8 Å². The van der Waals surface area contributed by atoms with Crippen LogP contribution in [0, 0.1) is 5.92 Å². The van der Waals surface area contributed by atoms with Gasteiger partial charge in [-0.15, -0.1) is 0 Å². The van der Waals surface area contributed by atoms with Crippen molar-refractivity contribution in [2.45, 2.75) is 50.3 Å². The maximum absolute atomic E-state index is 12.7. The van der Waals surface area contributed by atoms with Crippen molar-refractivity contribution in [2.75, 3.05) is 0 Å². The zero-order valence-corrected chi connectivity index (χ0v) is 12.4. The number of hydrogen-bond acceptors (Lipinski definition) is 3. The van der Waals surface area contributed by atoms with Crippen LogP contribution in [0.2, 0.25) is 0 Å². The van der Waals surface area contributed by atoms with Crippen molar-refractivity contribution in [2.24, 2.45) is 5.92 Å². The second-order valence-electron chi connectivity index (χ2n) is 6.26. The van der Waals surface area contributed by atoms with Crippen molar-refractivity contribution < 1.29 is 19.8 Å². The number of aliphatic hydroxyl groups excluding tert-OH is 1. The number of benzene rings is 1. The number of nitrogens with zero attached hydrogens (tertiary/aromatic N) is 1. The van der Waals surface area contributed by atoms with Crippen LogP contribution >= 0.6 is 0 Å². The number of aliphatic carboxylic acids is 1. The normalized spacial score (nSPS) is 29.0. The molecule has 1 aliphatic heterocycles. The van der Waals surface area contributed by atoms with E-state index in [4.69, 9.17) is 0 Å². The molecule has 2 aliphatic rings. The Bertz CT molecular complexity index is 559. The number of fused-ring (bicyclic) bond motifs is 1. The quantitative estimate of drug-likeness (QED) is 0.895. The monoisotopic (exact) mass is 303 g/mol. The number of carbonyl (C=O) groups excluding carboxylic acids is 1. The van der Waals surface area contributed by atoms with Gasteiger partial charge in [0.25, 0.3) is 5.91 Å². The van der Waals surface area contributed by atoms with E-state index >= 15 is 0 Å². The van der Waals surface area contributed by atoms with Gasteiger partial charge < -0.3 is 15.1 Å². The van der Waals surface area contributed by atoms with Crippen molar-refractivity contribution in [1.82, 2.24) is 4.90 Å². The molecule has 1 aliphatic carbocycles. The van der Waals surface area contributed by atoms with E-state index in [1.807, 2.05) is 6.07 Å². The van der Waals surface area contributed by atoms with Gasteiger partial charge in [0.2, 0.25) is 0 Å². The Labute approximate surface area is 129 Å². The third-order valence-electron chi connectivity index (χ3n) is 4.98. The summed E-state index contributed by atoms with van der Waals surface area (Å²) in [6.07, 6.45) is 3.13. The molecule has 1 saturated heterocycles. The van der Waals surface area contributed by atoms with Gasteiger partial charge >= 0.3 is 5.97 Å². The Balaban J connectivity index is 1.86. The van der Waals surface area contributed by atoms with E-state index in [0.29, 0.717) is 12.0 Å². The van der Waals surface area contributed by atoms with Crippen LogP contribution in [0.3, 0.4) is 0 Å². The van der Waals surface area contributed by atoms with E-state index in [1.54, 1.807) is 24.3 Å². The second kappa shape index (κ2) is 6.08. The Hall–Kier alpha value is -1.88. The van der Waals surface area contributed by atoms with E-state index in [-0.39, 0.29) is 12.0 Å². The minimum Gasteiger partial charge on any atom is -0.480 e. The molecule has 4 atom stereocenters. The molecule has 0 spiro atoms. The lowest BCUT2D eigenvalue weighted by Gasteiger charge is -2.34. The second-order valence-corrected chi connectivity index (χ2v) is 6.26. The first-order chi connectivity index (χ1) is 10.6. The first-order valence-corrected chi connectivity index (χ1v) is 7.87. The molecule has 1 aromatic carbocycles. The van der Waals surface area contributed by atoms with Gasteiger partial charge in [-0.1, -0.05) is 43.2 Å². The van der Waals surface area contributed by atoms with Gasteiger partial charge in [0.1, 0.15) is 6.04 Å². The summed E-state index contributed by atoms with van der Waals surface area (Å²) in [6, 6.07) is 7.86. The summed E-state index contributed by atoms with van der Waals surface area (Å²) in [5.41, 5.74) is 0.510. The van der Waals surface area contributed by atoms with E-state index in [2.05, 4.69) is 0 Å². The highest BCUT2D eigenvalue weighted by atomic mass is 16.4. The van der Waals surface area contributed by atoms with E-state index in [0.717, 1.165) is 25.7 Å². The van der Waals surface area contributed by atoms with Crippen molar-refractivity contribution in [3.05, 3.63) is 35.9 Å². The van der Waals surface area contributed by atoms with E-state index < -0.39 is 24.0 Å². The third-order valence-corrected chi connectivity index (χ3v) is 4.98. The Morgan fingerprint density at radius 3 is 2.50 bits per heavy atom. The fraction of sp³-hybridized carbons (Fsp3) is 0.529.